The Morgan fingerprint density at radius 1 is 1.27 bits per heavy atom. The van der Waals surface area contributed by atoms with E-state index in [2.05, 4.69) is 24.5 Å². The third-order valence-corrected chi connectivity index (χ3v) is 9.44. The van der Waals surface area contributed by atoms with E-state index in [1.54, 1.807) is 11.1 Å². The molecule has 1 aromatic heterocycles. The van der Waals surface area contributed by atoms with Crippen molar-refractivity contribution < 1.29 is 32.2 Å². The summed E-state index contributed by atoms with van der Waals surface area (Å²) in [4.78, 5) is 27.9. The van der Waals surface area contributed by atoms with E-state index in [1.807, 2.05) is 20.8 Å². The zero-order valence-electron chi connectivity index (χ0n) is 25.4. The fraction of sp³-hybridized carbons (Fsp3) is 0.621. The number of β-amino-alcohol motifs (C(OH)–C–C–N with tert-alkyl or cyclic N) is 1. The van der Waals surface area contributed by atoms with Crippen molar-refractivity contribution in [1.29, 1.82) is 0 Å². The maximum absolute atomic E-state index is 14.2. The first-order chi connectivity index (χ1) is 20.8. The Morgan fingerprint density at radius 3 is 2.61 bits per heavy atom. The largest absolute Gasteiger partial charge is 0.451 e. The number of nitrogens with zero attached hydrogens (tertiary/aromatic N) is 5. The van der Waals surface area contributed by atoms with Crippen LogP contribution in [0, 0.1) is 11.2 Å². The van der Waals surface area contributed by atoms with E-state index in [1.165, 1.54) is 24.5 Å². The average molecular weight is 636 g/mol. The fourth-order valence-electron chi connectivity index (χ4n) is 6.42. The number of hydrogen-bond donors (Lipinski definition) is 3. The van der Waals surface area contributed by atoms with Crippen molar-refractivity contribution in [3.05, 3.63) is 42.1 Å². The molecule has 3 aliphatic rings. The van der Waals surface area contributed by atoms with Crippen LogP contribution < -0.4 is 19.5 Å². The maximum Gasteiger partial charge on any atom is 0.274 e. The minimum atomic E-state index is -3.83. The molecule has 1 amide bonds. The van der Waals surface area contributed by atoms with E-state index < -0.39 is 27.9 Å². The Morgan fingerprint density at radius 2 is 2.00 bits per heavy atom. The number of carbonyl (C=O) groups excluding carboxylic acids is 1. The number of rotatable bonds is 10. The number of likely N-dealkylation sites (tertiary alicyclic amines) is 1. The lowest BCUT2D eigenvalue weighted by Crippen LogP contribution is -2.62. The molecule has 3 saturated heterocycles. The highest BCUT2D eigenvalue weighted by Crippen LogP contribution is 2.45. The minimum absolute atomic E-state index is 0.0607. The van der Waals surface area contributed by atoms with Gasteiger partial charge >= 0.3 is 0 Å². The summed E-state index contributed by atoms with van der Waals surface area (Å²) >= 11 is 0. The summed E-state index contributed by atoms with van der Waals surface area (Å²) < 4.78 is 51.0. The van der Waals surface area contributed by atoms with Crippen LogP contribution in [0.15, 0.2) is 30.7 Å². The van der Waals surface area contributed by atoms with Gasteiger partial charge in [0.15, 0.2) is 17.4 Å². The summed E-state index contributed by atoms with van der Waals surface area (Å²) in [6.45, 7) is 9.69. The van der Waals surface area contributed by atoms with Gasteiger partial charge in [0.25, 0.3) is 16.1 Å². The Labute approximate surface area is 257 Å². The van der Waals surface area contributed by atoms with Crippen LogP contribution in [-0.4, -0.2) is 103 Å². The Balaban J connectivity index is 1.18. The van der Waals surface area contributed by atoms with Crippen LogP contribution >= 0.6 is 0 Å². The summed E-state index contributed by atoms with van der Waals surface area (Å²) in [5.74, 6) is -0.923. The fourth-order valence-corrected chi connectivity index (χ4v) is 7.07. The molecule has 0 saturated carbocycles. The highest BCUT2D eigenvalue weighted by Gasteiger charge is 2.47. The van der Waals surface area contributed by atoms with E-state index in [-0.39, 0.29) is 35.3 Å². The molecule has 0 aliphatic carbocycles. The number of aromatic nitrogens is 2. The maximum atomic E-state index is 14.2. The van der Waals surface area contributed by atoms with Crippen molar-refractivity contribution in [2.75, 3.05) is 50.8 Å². The first-order valence-corrected chi connectivity index (χ1v) is 16.6. The number of carbonyl (C=O) groups is 1. The van der Waals surface area contributed by atoms with E-state index in [0.717, 1.165) is 39.0 Å². The topological polar surface area (TPSA) is 163 Å². The number of aliphatic hydroxyl groups is 1. The molecule has 4 heterocycles. The molecular weight excluding hydrogens is 593 g/mol. The molecule has 2 atom stereocenters. The Hall–Kier alpha value is -2.95. The number of amides is 1. The van der Waals surface area contributed by atoms with Gasteiger partial charge in [-0.3, -0.25) is 9.69 Å². The van der Waals surface area contributed by atoms with E-state index >= 15 is 0 Å². The van der Waals surface area contributed by atoms with Gasteiger partial charge in [0.1, 0.15) is 17.9 Å². The van der Waals surface area contributed by atoms with Crippen LogP contribution in [-0.2, 0) is 14.9 Å². The first kappa shape index (κ1) is 32.4. The molecule has 1 aromatic carbocycles. The molecule has 1 spiro atoms. The molecule has 242 valence electrons. The molecule has 5 rings (SSSR count). The van der Waals surface area contributed by atoms with Crippen LogP contribution in [0.3, 0.4) is 0 Å². The van der Waals surface area contributed by atoms with E-state index in [4.69, 9.17) is 14.6 Å². The molecule has 0 unspecified atom stereocenters. The second kappa shape index (κ2) is 12.8. The molecular formula is C29H42FN7O6S. The third-order valence-electron chi connectivity index (χ3n) is 8.78. The minimum Gasteiger partial charge on any atom is -0.451 e. The predicted molar refractivity (Wildman–Crippen MR) is 161 cm³/mol. The average Bonchev–Trinajstić information content (AvgIpc) is 2.94. The SMILES string of the molecule is CCN(C(=O)c1cc(F)ccc1Oc1cncnc1N1CC2(CCN(C[C@@]3(O)CC[C@@H](NS(N)(=O)=O)CO3)CC2)C1)C(C)C. The van der Waals surface area contributed by atoms with Gasteiger partial charge in [-0.25, -0.2) is 19.5 Å². The predicted octanol–water partition coefficient (Wildman–Crippen LogP) is 1.84. The summed E-state index contributed by atoms with van der Waals surface area (Å²) in [6, 6.07) is 3.41. The number of nitrogens with one attached hydrogen (secondary N) is 1. The molecule has 4 N–H and O–H groups in total. The van der Waals surface area contributed by atoms with Crippen LogP contribution in [0.25, 0.3) is 0 Å². The summed E-state index contributed by atoms with van der Waals surface area (Å²) in [7, 11) is -3.83. The lowest BCUT2D eigenvalue weighted by atomic mass is 9.72. The quantitative estimate of drug-likeness (QED) is 0.351. The van der Waals surface area contributed by atoms with Crippen LogP contribution in [0.4, 0.5) is 10.2 Å². The zero-order valence-corrected chi connectivity index (χ0v) is 26.2. The monoisotopic (exact) mass is 635 g/mol. The van der Waals surface area contributed by atoms with Gasteiger partial charge in [-0.15, -0.1) is 0 Å². The first-order valence-electron chi connectivity index (χ1n) is 15.0. The number of piperidine rings is 1. The van der Waals surface area contributed by atoms with Gasteiger partial charge in [0.2, 0.25) is 0 Å². The molecule has 13 nitrogen and oxygen atoms in total. The molecule has 3 fully saturated rings. The van der Waals surface area contributed by atoms with Crippen LogP contribution in [0.5, 0.6) is 11.5 Å². The van der Waals surface area contributed by atoms with Gasteiger partial charge in [-0.05, 0) is 71.3 Å². The van der Waals surface area contributed by atoms with Gasteiger partial charge in [-0.1, -0.05) is 0 Å². The highest BCUT2D eigenvalue weighted by molar-refractivity contribution is 7.87. The van der Waals surface area contributed by atoms with Crippen LogP contribution in [0.2, 0.25) is 0 Å². The summed E-state index contributed by atoms with van der Waals surface area (Å²) in [6.07, 6.45) is 5.61. The van der Waals surface area contributed by atoms with Gasteiger partial charge in [-0.2, -0.15) is 13.1 Å². The smallest absolute Gasteiger partial charge is 0.274 e. The van der Waals surface area contributed by atoms with E-state index in [0.29, 0.717) is 37.5 Å². The molecule has 44 heavy (non-hydrogen) atoms. The van der Waals surface area contributed by atoms with Gasteiger partial charge in [0.05, 0.1) is 24.9 Å². The molecule has 3 aliphatic heterocycles. The van der Waals surface area contributed by atoms with Crippen LogP contribution in [0.1, 0.15) is 56.8 Å². The van der Waals surface area contributed by atoms with Crippen molar-refractivity contribution in [2.24, 2.45) is 10.6 Å². The second-order valence-corrected chi connectivity index (χ2v) is 13.8. The Kier molecular flexibility index (Phi) is 9.44. The van der Waals surface area contributed by atoms with Gasteiger partial charge in [0, 0.05) is 43.6 Å². The van der Waals surface area contributed by atoms with Crippen molar-refractivity contribution in [1.82, 2.24) is 24.5 Å². The summed E-state index contributed by atoms with van der Waals surface area (Å²) in [5, 5.41) is 16.0. The number of nitrogens with two attached hydrogens (primary N) is 1. The second-order valence-electron chi connectivity index (χ2n) is 12.4. The van der Waals surface area contributed by atoms with Gasteiger partial charge < -0.3 is 24.4 Å². The lowest BCUT2D eigenvalue weighted by molar-refractivity contribution is -0.239. The van der Waals surface area contributed by atoms with Crippen molar-refractivity contribution >= 4 is 21.9 Å². The highest BCUT2D eigenvalue weighted by atomic mass is 32.2. The number of halogens is 1. The molecule has 0 bridgehead atoms. The van der Waals surface area contributed by atoms with Crippen molar-refractivity contribution in [3.63, 3.8) is 0 Å². The molecule has 2 aromatic rings. The summed E-state index contributed by atoms with van der Waals surface area (Å²) in [5.41, 5.74) is 0.234. The zero-order chi connectivity index (χ0) is 31.7. The third kappa shape index (κ3) is 7.46. The van der Waals surface area contributed by atoms with Crippen molar-refractivity contribution in [3.8, 4) is 11.5 Å². The number of benzene rings is 1. The van der Waals surface area contributed by atoms with E-state index in [9.17, 15) is 22.7 Å². The number of anilines is 1. The Bertz CT molecular complexity index is 1440. The normalized spacial score (nSPS) is 23.9. The number of hydrogen-bond acceptors (Lipinski definition) is 10. The lowest BCUT2D eigenvalue weighted by Gasteiger charge is -2.55. The number of ether oxygens (including phenoxy) is 2. The molecule has 15 heteroatoms. The molecule has 0 radical (unpaired) electrons. The van der Waals surface area contributed by atoms with Crippen molar-refractivity contribution in [2.45, 2.75) is 64.3 Å². The standard InChI is InChI=1S/C29H42FN7O6S/c1-4-37(20(2)3)27(38)23-13-21(30)5-6-24(23)43-25-14-32-19-33-26(25)36-16-28(17-36)9-11-35(12-10-28)18-29(39)8-7-22(15-42-29)34-44(31,40)41/h5-6,13-14,19-20,22,34,39H,4,7-12,15-18H2,1-3H3,(H2,31,40,41)/t22-,29-/m1/s1.